The predicted octanol–water partition coefficient (Wildman–Crippen LogP) is 4.01. The van der Waals surface area contributed by atoms with Gasteiger partial charge in [-0.2, -0.15) is 0 Å². The second kappa shape index (κ2) is 5.76. The van der Waals surface area contributed by atoms with E-state index in [-0.39, 0.29) is 0 Å². The van der Waals surface area contributed by atoms with Crippen molar-refractivity contribution in [3.05, 3.63) is 53.0 Å². The molecule has 3 aromatic rings. The average molecular weight is 338 g/mol. The van der Waals surface area contributed by atoms with Crippen molar-refractivity contribution in [3.63, 3.8) is 0 Å². The number of para-hydroxylation sites is 1. The number of likely N-dealkylation sites (tertiary alicyclic amines) is 1. The Morgan fingerprint density at radius 2 is 2.04 bits per heavy atom. The minimum atomic E-state index is 0.335. The highest BCUT2D eigenvalue weighted by atomic mass is 32.1. The zero-order valence-corrected chi connectivity index (χ0v) is 14.1. The molecule has 0 amide bonds. The van der Waals surface area contributed by atoms with E-state index in [1.54, 1.807) is 0 Å². The summed E-state index contributed by atoms with van der Waals surface area (Å²) in [6, 6.07) is 14.7. The van der Waals surface area contributed by atoms with Crippen LogP contribution in [0.15, 0.2) is 42.5 Å². The van der Waals surface area contributed by atoms with Gasteiger partial charge in [0.1, 0.15) is 0 Å². The maximum Gasteiger partial charge on any atom is 0.231 e. The number of thiazole rings is 1. The van der Waals surface area contributed by atoms with E-state index in [0.717, 1.165) is 36.6 Å². The molecule has 4 nitrogen and oxygen atoms in total. The maximum absolute atomic E-state index is 5.48. The molecule has 1 aromatic heterocycles. The summed E-state index contributed by atoms with van der Waals surface area (Å²) < 4.78 is 12.2. The Balaban J connectivity index is 1.30. The summed E-state index contributed by atoms with van der Waals surface area (Å²) >= 11 is 1.84. The largest absolute Gasteiger partial charge is 0.454 e. The Morgan fingerprint density at radius 3 is 3.00 bits per heavy atom. The van der Waals surface area contributed by atoms with Gasteiger partial charge in [0.05, 0.1) is 15.2 Å². The van der Waals surface area contributed by atoms with E-state index < -0.39 is 0 Å². The summed E-state index contributed by atoms with van der Waals surface area (Å²) in [6.07, 6.45) is 1.18. The molecule has 5 rings (SSSR count). The zero-order chi connectivity index (χ0) is 15.9. The van der Waals surface area contributed by atoms with E-state index in [9.17, 15) is 0 Å². The first-order chi connectivity index (χ1) is 11.8. The normalized spacial score (nSPS) is 20.1. The Bertz CT molecular complexity index is 859. The number of hydrogen-bond acceptors (Lipinski definition) is 5. The third-order valence-electron chi connectivity index (χ3n) is 4.78. The van der Waals surface area contributed by atoms with E-state index in [2.05, 4.69) is 41.3 Å². The van der Waals surface area contributed by atoms with Crippen molar-refractivity contribution >= 4 is 21.6 Å². The maximum atomic E-state index is 5.48. The lowest BCUT2D eigenvalue weighted by atomic mass is 10.1. The molecule has 2 aliphatic heterocycles. The van der Waals surface area contributed by atoms with Crippen LogP contribution in [0.1, 0.15) is 22.9 Å². The van der Waals surface area contributed by atoms with Crippen molar-refractivity contribution in [1.29, 1.82) is 0 Å². The van der Waals surface area contributed by atoms with Crippen LogP contribution in [0, 0.1) is 0 Å². The van der Waals surface area contributed by atoms with Gasteiger partial charge < -0.3 is 9.47 Å². The molecule has 1 saturated heterocycles. The molecule has 5 heteroatoms. The highest BCUT2D eigenvalue weighted by molar-refractivity contribution is 7.18. The van der Waals surface area contributed by atoms with Gasteiger partial charge in [-0.1, -0.05) is 18.2 Å². The molecular weight excluding hydrogens is 320 g/mol. The van der Waals surface area contributed by atoms with Gasteiger partial charge in [0.2, 0.25) is 6.79 Å². The van der Waals surface area contributed by atoms with Crippen LogP contribution in [0.4, 0.5) is 0 Å². The molecule has 1 atom stereocenters. The zero-order valence-electron chi connectivity index (χ0n) is 13.3. The van der Waals surface area contributed by atoms with Crippen molar-refractivity contribution in [2.75, 3.05) is 19.9 Å². The predicted molar refractivity (Wildman–Crippen MR) is 94.8 cm³/mol. The number of hydrogen-bond donors (Lipinski definition) is 0. The van der Waals surface area contributed by atoms with Crippen LogP contribution in [-0.2, 0) is 6.54 Å². The SMILES string of the molecule is c1ccc2sc([C@H]3CCN(Cc4ccc5c(c4)OCO5)C3)nc2c1. The minimum Gasteiger partial charge on any atom is -0.454 e. The lowest BCUT2D eigenvalue weighted by Crippen LogP contribution is -2.19. The molecule has 1 fully saturated rings. The Kier molecular flexibility index (Phi) is 3.42. The monoisotopic (exact) mass is 338 g/mol. The lowest BCUT2D eigenvalue weighted by Gasteiger charge is -2.15. The Morgan fingerprint density at radius 1 is 1.12 bits per heavy atom. The van der Waals surface area contributed by atoms with Crippen LogP contribution in [0.25, 0.3) is 10.2 Å². The third kappa shape index (κ3) is 2.54. The molecule has 24 heavy (non-hydrogen) atoms. The number of benzene rings is 2. The summed E-state index contributed by atoms with van der Waals surface area (Å²) in [6.45, 7) is 3.49. The molecule has 0 N–H and O–H groups in total. The Labute approximate surface area is 144 Å². The number of nitrogens with zero attached hydrogens (tertiary/aromatic N) is 2. The molecule has 0 unspecified atom stereocenters. The van der Waals surface area contributed by atoms with Gasteiger partial charge in [-0.05, 0) is 42.8 Å². The molecule has 0 spiro atoms. The molecule has 122 valence electrons. The number of rotatable bonds is 3. The van der Waals surface area contributed by atoms with Crippen molar-refractivity contribution in [3.8, 4) is 11.5 Å². The third-order valence-corrected chi connectivity index (χ3v) is 5.97. The van der Waals surface area contributed by atoms with Gasteiger partial charge in [-0.25, -0.2) is 4.98 Å². The lowest BCUT2D eigenvalue weighted by molar-refractivity contribution is 0.174. The van der Waals surface area contributed by atoms with Crippen LogP contribution in [0.2, 0.25) is 0 Å². The molecule has 3 heterocycles. The molecule has 2 aromatic carbocycles. The molecule has 0 bridgehead atoms. The minimum absolute atomic E-state index is 0.335. The van der Waals surface area contributed by atoms with Gasteiger partial charge in [0.15, 0.2) is 11.5 Å². The highest BCUT2D eigenvalue weighted by Crippen LogP contribution is 2.35. The van der Waals surface area contributed by atoms with Crippen LogP contribution >= 0.6 is 11.3 Å². The van der Waals surface area contributed by atoms with Gasteiger partial charge in [-0.3, -0.25) is 4.90 Å². The van der Waals surface area contributed by atoms with Crippen LogP contribution in [0.3, 0.4) is 0 Å². The van der Waals surface area contributed by atoms with Crippen molar-refractivity contribution in [2.45, 2.75) is 18.9 Å². The van der Waals surface area contributed by atoms with Crippen LogP contribution in [-0.4, -0.2) is 29.8 Å². The summed E-state index contributed by atoms with van der Waals surface area (Å²) in [7, 11) is 0. The summed E-state index contributed by atoms with van der Waals surface area (Å²) in [5, 5.41) is 1.28. The van der Waals surface area contributed by atoms with Crippen LogP contribution in [0.5, 0.6) is 11.5 Å². The first-order valence-electron chi connectivity index (χ1n) is 8.31. The summed E-state index contributed by atoms with van der Waals surface area (Å²) in [4.78, 5) is 7.35. The van der Waals surface area contributed by atoms with E-state index in [0.29, 0.717) is 12.7 Å². The van der Waals surface area contributed by atoms with Gasteiger partial charge in [0, 0.05) is 19.0 Å². The first-order valence-corrected chi connectivity index (χ1v) is 9.13. The van der Waals surface area contributed by atoms with Gasteiger partial charge in [-0.15, -0.1) is 11.3 Å². The standard InChI is InChI=1S/C19H18N2O2S/c1-2-4-18-15(3-1)20-19(24-18)14-7-8-21(11-14)10-13-5-6-16-17(9-13)23-12-22-16/h1-6,9,14H,7-8,10-12H2/t14-/m0/s1. The van der Waals surface area contributed by atoms with Crippen molar-refractivity contribution < 1.29 is 9.47 Å². The van der Waals surface area contributed by atoms with E-state index >= 15 is 0 Å². The smallest absolute Gasteiger partial charge is 0.231 e. The van der Waals surface area contributed by atoms with Gasteiger partial charge >= 0.3 is 0 Å². The summed E-state index contributed by atoms with van der Waals surface area (Å²) in [5.41, 5.74) is 2.41. The first kappa shape index (κ1) is 14.3. The molecular formula is C19H18N2O2S. The fourth-order valence-electron chi connectivity index (χ4n) is 3.54. The van der Waals surface area contributed by atoms with Crippen molar-refractivity contribution in [1.82, 2.24) is 9.88 Å². The van der Waals surface area contributed by atoms with E-state index in [1.165, 1.54) is 21.7 Å². The van der Waals surface area contributed by atoms with E-state index in [4.69, 9.17) is 14.5 Å². The summed E-state index contributed by atoms with van der Waals surface area (Å²) in [5.74, 6) is 2.28. The molecule has 0 saturated carbocycles. The fraction of sp³-hybridized carbons (Fsp3) is 0.316. The fourth-order valence-corrected chi connectivity index (χ4v) is 4.63. The van der Waals surface area contributed by atoms with E-state index in [1.807, 2.05) is 17.4 Å². The Hall–Kier alpha value is -2.11. The topological polar surface area (TPSA) is 34.6 Å². The molecule has 0 aliphatic carbocycles. The highest BCUT2D eigenvalue weighted by Gasteiger charge is 2.26. The second-order valence-corrected chi connectivity index (χ2v) is 7.49. The number of aromatic nitrogens is 1. The van der Waals surface area contributed by atoms with Gasteiger partial charge in [0.25, 0.3) is 0 Å². The number of ether oxygens (including phenoxy) is 2. The molecule has 2 aliphatic rings. The number of fused-ring (bicyclic) bond motifs is 2. The second-order valence-electron chi connectivity index (χ2n) is 6.43. The average Bonchev–Trinajstić information content (AvgIpc) is 3.33. The quantitative estimate of drug-likeness (QED) is 0.722. The van der Waals surface area contributed by atoms with Crippen LogP contribution < -0.4 is 9.47 Å². The van der Waals surface area contributed by atoms with Crippen molar-refractivity contribution in [2.24, 2.45) is 0 Å². The molecule has 0 radical (unpaired) electrons.